The first-order valence-electron chi connectivity index (χ1n) is 6.42. The van der Waals surface area contributed by atoms with E-state index in [2.05, 4.69) is 41.8 Å². The molecule has 4 nitrogen and oxygen atoms in total. The Morgan fingerprint density at radius 1 is 1.35 bits per heavy atom. The Bertz CT molecular complexity index is 606. The molecule has 0 bridgehead atoms. The number of anilines is 1. The second kappa shape index (κ2) is 6.86. The van der Waals surface area contributed by atoms with Gasteiger partial charge in [-0.15, -0.1) is 0 Å². The molecule has 0 aliphatic carbocycles. The fraction of sp³-hybridized carbons (Fsp3) is 0.200. The summed E-state index contributed by atoms with van der Waals surface area (Å²) >= 11 is 5.23. The van der Waals surface area contributed by atoms with Gasteiger partial charge in [0.05, 0.1) is 12.5 Å². The van der Waals surface area contributed by atoms with Gasteiger partial charge in [0.15, 0.2) is 5.11 Å². The van der Waals surface area contributed by atoms with Gasteiger partial charge in [0.1, 0.15) is 5.76 Å². The van der Waals surface area contributed by atoms with Crippen molar-refractivity contribution in [2.24, 2.45) is 5.10 Å². The maximum Gasteiger partial charge on any atom is 0.191 e. The highest BCUT2D eigenvalue weighted by Gasteiger charge is 2.05. The Hall–Kier alpha value is -2.14. The Morgan fingerprint density at radius 2 is 2.20 bits per heavy atom. The van der Waals surface area contributed by atoms with E-state index in [0.29, 0.717) is 10.9 Å². The van der Waals surface area contributed by atoms with Crippen molar-refractivity contribution in [1.29, 1.82) is 0 Å². The zero-order valence-electron chi connectivity index (χ0n) is 11.5. The van der Waals surface area contributed by atoms with Crippen molar-refractivity contribution in [3.05, 3.63) is 53.5 Å². The average Bonchev–Trinajstić information content (AvgIpc) is 2.94. The van der Waals surface area contributed by atoms with E-state index in [9.17, 15) is 0 Å². The molecule has 0 radical (unpaired) electrons. The summed E-state index contributed by atoms with van der Waals surface area (Å²) < 4.78 is 5.14. The molecule has 2 N–H and O–H groups in total. The highest BCUT2D eigenvalue weighted by Crippen LogP contribution is 2.20. The molecule has 20 heavy (non-hydrogen) atoms. The fourth-order valence-corrected chi connectivity index (χ4v) is 2.02. The van der Waals surface area contributed by atoms with Crippen molar-refractivity contribution in [1.82, 2.24) is 5.43 Å². The van der Waals surface area contributed by atoms with Crippen LogP contribution in [-0.2, 0) is 6.42 Å². The van der Waals surface area contributed by atoms with Gasteiger partial charge in [0.25, 0.3) is 0 Å². The second-order valence-electron chi connectivity index (χ2n) is 4.30. The number of nitrogens with zero attached hydrogens (tertiary/aromatic N) is 1. The number of rotatable bonds is 4. The van der Waals surface area contributed by atoms with Gasteiger partial charge in [-0.2, -0.15) is 5.10 Å². The van der Waals surface area contributed by atoms with Crippen LogP contribution >= 0.6 is 12.2 Å². The summed E-state index contributed by atoms with van der Waals surface area (Å²) in [6.45, 7) is 4.17. The molecule has 1 heterocycles. The normalized spacial score (nSPS) is 10.7. The SMILES string of the molecule is CCc1cccc(C)c1NC(=S)N/N=C\c1ccco1. The third-order valence-corrected chi connectivity index (χ3v) is 3.07. The lowest BCUT2D eigenvalue weighted by Gasteiger charge is -2.13. The maximum atomic E-state index is 5.23. The van der Waals surface area contributed by atoms with Crippen LogP contribution in [0.2, 0.25) is 0 Å². The van der Waals surface area contributed by atoms with Crippen LogP contribution < -0.4 is 10.7 Å². The van der Waals surface area contributed by atoms with Crippen LogP contribution in [0.15, 0.2) is 46.1 Å². The molecule has 2 aromatic rings. The van der Waals surface area contributed by atoms with E-state index in [4.69, 9.17) is 16.6 Å². The number of benzene rings is 1. The number of furan rings is 1. The molecule has 0 amide bonds. The molecule has 0 saturated carbocycles. The number of nitrogens with one attached hydrogen (secondary N) is 2. The van der Waals surface area contributed by atoms with Crippen molar-refractivity contribution >= 4 is 29.2 Å². The summed E-state index contributed by atoms with van der Waals surface area (Å²) in [5.41, 5.74) is 6.20. The quantitative estimate of drug-likeness (QED) is 0.513. The zero-order chi connectivity index (χ0) is 14.4. The first-order valence-corrected chi connectivity index (χ1v) is 6.83. The zero-order valence-corrected chi connectivity index (χ0v) is 12.3. The van der Waals surface area contributed by atoms with Crippen molar-refractivity contribution in [2.75, 3.05) is 5.32 Å². The second-order valence-corrected chi connectivity index (χ2v) is 4.71. The molecule has 2 rings (SSSR count). The number of hydrogen-bond donors (Lipinski definition) is 2. The van der Waals surface area contributed by atoms with E-state index < -0.39 is 0 Å². The highest BCUT2D eigenvalue weighted by molar-refractivity contribution is 7.80. The van der Waals surface area contributed by atoms with Gasteiger partial charge in [0, 0.05) is 5.69 Å². The predicted octanol–water partition coefficient (Wildman–Crippen LogP) is 3.47. The summed E-state index contributed by atoms with van der Waals surface area (Å²) in [6, 6.07) is 9.81. The van der Waals surface area contributed by atoms with Crippen LogP contribution in [-0.4, -0.2) is 11.3 Å². The van der Waals surface area contributed by atoms with Crippen molar-refractivity contribution in [3.63, 3.8) is 0 Å². The highest BCUT2D eigenvalue weighted by atomic mass is 32.1. The Kier molecular flexibility index (Phi) is 4.90. The van der Waals surface area contributed by atoms with Gasteiger partial charge < -0.3 is 9.73 Å². The minimum Gasteiger partial charge on any atom is -0.463 e. The number of para-hydroxylation sites is 1. The predicted molar refractivity (Wildman–Crippen MR) is 86.2 cm³/mol. The Balaban J connectivity index is 1.98. The summed E-state index contributed by atoms with van der Waals surface area (Å²) in [5, 5.41) is 7.66. The summed E-state index contributed by atoms with van der Waals surface area (Å²) in [7, 11) is 0. The minimum absolute atomic E-state index is 0.455. The van der Waals surface area contributed by atoms with Crippen LogP contribution in [0.5, 0.6) is 0 Å². The molecule has 1 aromatic heterocycles. The van der Waals surface area contributed by atoms with Crippen LogP contribution in [0.25, 0.3) is 0 Å². The van der Waals surface area contributed by atoms with Gasteiger partial charge in [-0.25, -0.2) is 0 Å². The molecular weight excluding hydrogens is 270 g/mol. The van der Waals surface area contributed by atoms with E-state index in [1.807, 2.05) is 12.1 Å². The van der Waals surface area contributed by atoms with E-state index in [1.54, 1.807) is 18.5 Å². The topological polar surface area (TPSA) is 49.6 Å². The third kappa shape index (κ3) is 3.68. The van der Waals surface area contributed by atoms with Gasteiger partial charge in [-0.05, 0) is 48.8 Å². The number of hydrazone groups is 1. The lowest BCUT2D eigenvalue weighted by Crippen LogP contribution is -2.24. The lowest BCUT2D eigenvalue weighted by molar-refractivity contribution is 0.560. The molecule has 0 unspecified atom stereocenters. The van der Waals surface area contributed by atoms with Crippen molar-refractivity contribution in [2.45, 2.75) is 20.3 Å². The van der Waals surface area contributed by atoms with E-state index in [-0.39, 0.29) is 0 Å². The van der Waals surface area contributed by atoms with E-state index in [0.717, 1.165) is 17.7 Å². The van der Waals surface area contributed by atoms with E-state index in [1.165, 1.54) is 5.56 Å². The number of aryl methyl sites for hydroxylation is 2. The minimum atomic E-state index is 0.455. The molecular formula is C15H17N3OS. The molecule has 1 aromatic carbocycles. The van der Waals surface area contributed by atoms with E-state index >= 15 is 0 Å². The van der Waals surface area contributed by atoms with Crippen LogP contribution in [0.1, 0.15) is 23.8 Å². The fourth-order valence-electron chi connectivity index (χ4n) is 1.86. The number of thiocarbonyl (C=S) groups is 1. The molecule has 0 aliphatic heterocycles. The first kappa shape index (κ1) is 14.3. The van der Waals surface area contributed by atoms with Crippen LogP contribution in [0.4, 0.5) is 5.69 Å². The largest absolute Gasteiger partial charge is 0.463 e. The van der Waals surface area contributed by atoms with Crippen molar-refractivity contribution < 1.29 is 4.42 Å². The lowest BCUT2D eigenvalue weighted by atomic mass is 10.1. The molecule has 5 heteroatoms. The molecule has 0 spiro atoms. The maximum absolute atomic E-state index is 5.23. The van der Waals surface area contributed by atoms with Gasteiger partial charge in [-0.1, -0.05) is 25.1 Å². The Labute approximate surface area is 123 Å². The van der Waals surface area contributed by atoms with Gasteiger partial charge in [0.2, 0.25) is 0 Å². The summed E-state index contributed by atoms with van der Waals surface area (Å²) in [4.78, 5) is 0. The van der Waals surface area contributed by atoms with Gasteiger partial charge in [-0.3, -0.25) is 5.43 Å². The molecule has 0 aliphatic rings. The third-order valence-electron chi connectivity index (χ3n) is 2.88. The smallest absolute Gasteiger partial charge is 0.191 e. The number of hydrogen-bond acceptors (Lipinski definition) is 3. The monoisotopic (exact) mass is 287 g/mol. The van der Waals surface area contributed by atoms with Crippen LogP contribution in [0.3, 0.4) is 0 Å². The average molecular weight is 287 g/mol. The van der Waals surface area contributed by atoms with Crippen molar-refractivity contribution in [3.8, 4) is 0 Å². The first-order chi connectivity index (χ1) is 9.70. The summed E-state index contributed by atoms with van der Waals surface area (Å²) in [5.74, 6) is 0.672. The molecule has 104 valence electrons. The standard InChI is InChI=1S/C15H17N3OS/c1-3-12-7-4-6-11(2)14(12)17-15(20)18-16-10-13-8-5-9-19-13/h4-10H,3H2,1-2H3,(H2,17,18,20)/b16-10-. The molecule has 0 saturated heterocycles. The van der Waals surface area contributed by atoms with Crippen LogP contribution in [0, 0.1) is 6.92 Å². The Morgan fingerprint density at radius 3 is 2.90 bits per heavy atom. The van der Waals surface area contributed by atoms with Gasteiger partial charge >= 0.3 is 0 Å². The molecule has 0 atom stereocenters. The molecule has 0 fully saturated rings. The summed E-state index contributed by atoms with van der Waals surface area (Å²) in [6.07, 6.45) is 4.12.